The average Bonchev–Trinajstić information content (AvgIpc) is 2.81. The SMILES string of the molecule is Cc1c(C)c(C)c([C-](c2c(C)c(C)c(C)c(C)c2C)c2c(C)c(C)c(C)c(C)c2C)c(C)c1C.[Y]. The molecule has 3 aromatic rings. The fraction of sp³-hybridized carbons (Fsp3) is 0.441. The van der Waals surface area contributed by atoms with Crippen LogP contribution in [0.15, 0.2) is 0 Å². The maximum Gasteiger partial charge on any atom is 0 e. The molecule has 0 unspecified atom stereocenters. The first-order chi connectivity index (χ1) is 15.7. The molecule has 0 atom stereocenters. The summed E-state index contributed by atoms with van der Waals surface area (Å²) in [6.07, 6.45) is 0. The number of rotatable bonds is 3. The van der Waals surface area contributed by atoms with Crippen LogP contribution in [0.25, 0.3) is 0 Å². The van der Waals surface area contributed by atoms with Crippen LogP contribution in [-0.4, -0.2) is 0 Å². The van der Waals surface area contributed by atoms with Crippen LogP contribution >= 0.6 is 0 Å². The van der Waals surface area contributed by atoms with Gasteiger partial charge in [-0.15, -0.1) is 0 Å². The molecule has 0 fully saturated rings. The number of hydrogen-bond donors (Lipinski definition) is 0. The maximum atomic E-state index is 2.33. The van der Waals surface area contributed by atoms with Crippen LogP contribution in [0.3, 0.4) is 0 Å². The van der Waals surface area contributed by atoms with Gasteiger partial charge in [0.25, 0.3) is 0 Å². The molecule has 3 rings (SSSR count). The molecule has 1 heteroatoms. The standard InChI is InChI=1S/C34H45.Y/c1-16-19(4)25(10)31(26(11)20(16)5)34(32-27(12)21(6)17(2)22(7)28(32)13)33-29(14)23(8)18(3)24(9)30(33)15;/h1-15H3;/q-1;. The fourth-order valence-corrected chi connectivity index (χ4v) is 6.00. The zero-order valence-corrected chi connectivity index (χ0v) is 27.9. The van der Waals surface area contributed by atoms with Gasteiger partial charge in [0.15, 0.2) is 0 Å². The Labute approximate surface area is 241 Å². The van der Waals surface area contributed by atoms with E-state index in [9.17, 15) is 0 Å². The molecule has 0 spiro atoms. The summed E-state index contributed by atoms with van der Waals surface area (Å²) < 4.78 is 0. The molecule has 0 nitrogen and oxygen atoms in total. The van der Waals surface area contributed by atoms with Crippen molar-refractivity contribution >= 4 is 0 Å². The largest absolute Gasteiger partial charge is 0.0850 e. The van der Waals surface area contributed by atoms with Crippen molar-refractivity contribution in [3.05, 3.63) is 106 Å². The summed E-state index contributed by atoms with van der Waals surface area (Å²) in [5.74, 6) is 1.43. The van der Waals surface area contributed by atoms with Crippen molar-refractivity contribution in [2.45, 2.75) is 104 Å². The second-order valence-electron chi connectivity index (χ2n) is 10.9. The van der Waals surface area contributed by atoms with E-state index in [4.69, 9.17) is 0 Å². The molecule has 0 aromatic heterocycles. The van der Waals surface area contributed by atoms with E-state index in [1.807, 2.05) is 0 Å². The van der Waals surface area contributed by atoms with Gasteiger partial charge in [-0.3, -0.25) is 0 Å². The van der Waals surface area contributed by atoms with Gasteiger partial charge in [-0.1, -0.05) is 148 Å². The van der Waals surface area contributed by atoms with E-state index >= 15 is 0 Å². The molecule has 0 aliphatic heterocycles. The van der Waals surface area contributed by atoms with Crippen molar-refractivity contribution in [3.8, 4) is 0 Å². The van der Waals surface area contributed by atoms with Crippen LogP contribution in [0, 0.1) is 110 Å². The molecule has 185 valence electrons. The van der Waals surface area contributed by atoms with Crippen LogP contribution in [0.4, 0.5) is 0 Å². The maximum absolute atomic E-state index is 2.33. The average molecular weight is 543 g/mol. The molecule has 0 amide bonds. The molecular weight excluding hydrogens is 497 g/mol. The predicted octanol–water partition coefficient (Wildman–Crippen LogP) is 9.33. The van der Waals surface area contributed by atoms with E-state index in [0.29, 0.717) is 0 Å². The third-order valence-corrected chi connectivity index (χ3v) is 9.75. The summed E-state index contributed by atoms with van der Waals surface area (Å²) in [7, 11) is 0. The van der Waals surface area contributed by atoms with Crippen LogP contribution in [0.2, 0.25) is 0 Å². The Bertz CT molecular complexity index is 1080. The van der Waals surface area contributed by atoms with Gasteiger partial charge in [0.2, 0.25) is 0 Å². The number of hydrogen-bond acceptors (Lipinski definition) is 0. The first kappa shape index (κ1) is 29.9. The van der Waals surface area contributed by atoms with Crippen LogP contribution in [0.5, 0.6) is 0 Å². The molecule has 0 aliphatic carbocycles. The normalized spacial score (nSPS) is 11.1. The fourth-order valence-electron chi connectivity index (χ4n) is 6.00. The smallest absolute Gasteiger partial charge is 0 e. The van der Waals surface area contributed by atoms with Gasteiger partial charge in [-0.25, -0.2) is 0 Å². The predicted molar refractivity (Wildman–Crippen MR) is 151 cm³/mol. The summed E-state index contributed by atoms with van der Waals surface area (Å²) in [6.45, 7) is 34.6. The minimum Gasteiger partial charge on any atom is -0.0850 e. The van der Waals surface area contributed by atoms with Crippen molar-refractivity contribution in [1.82, 2.24) is 0 Å². The van der Waals surface area contributed by atoms with Gasteiger partial charge in [0, 0.05) is 32.7 Å². The Morgan fingerprint density at radius 2 is 0.343 bits per heavy atom. The molecule has 1 radical (unpaired) electrons. The van der Waals surface area contributed by atoms with Crippen LogP contribution in [0.1, 0.15) is 100 Å². The van der Waals surface area contributed by atoms with E-state index in [1.165, 1.54) is 106 Å². The van der Waals surface area contributed by atoms with E-state index < -0.39 is 0 Å². The van der Waals surface area contributed by atoms with E-state index in [0.717, 1.165) is 0 Å². The first-order valence-corrected chi connectivity index (χ1v) is 12.8. The van der Waals surface area contributed by atoms with Gasteiger partial charge in [-0.2, -0.15) is 0 Å². The molecule has 35 heavy (non-hydrogen) atoms. The zero-order valence-electron chi connectivity index (χ0n) is 25.1. The monoisotopic (exact) mass is 542 g/mol. The van der Waals surface area contributed by atoms with Crippen molar-refractivity contribution in [1.29, 1.82) is 0 Å². The summed E-state index contributed by atoms with van der Waals surface area (Å²) in [5, 5.41) is 0. The molecule has 3 aromatic carbocycles. The quantitative estimate of drug-likeness (QED) is 0.229. The molecule has 0 heterocycles. The second kappa shape index (κ2) is 10.6. The Balaban J connectivity index is 0.00000432. The minimum atomic E-state index is 0. The molecule has 0 aliphatic rings. The minimum absolute atomic E-state index is 0. The Morgan fingerprint density at radius 3 is 0.486 bits per heavy atom. The summed E-state index contributed by atoms with van der Waals surface area (Å²) in [4.78, 5) is 0. The van der Waals surface area contributed by atoms with Crippen molar-refractivity contribution in [2.24, 2.45) is 0 Å². The molecule has 0 saturated heterocycles. The van der Waals surface area contributed by atoms with E-state index in [2.05, 4.69) is 104 Å². The Hall–Kier alpha value is -1.37. The zero-order chi connectivity index (χ0) is 26.0. The van der Waals surface area contributed by atoms with Crippen LogP contribution in [-0.2, 0) is 32.7 Å². The summed E-state index contributed by atoms with van der Waals surface area (Å²) >= 11 is 0. The number of benzene rings is 3. The third-order valence-electron chi connectivity index (χ3n) is 9.75. The van der Waals surface area contributed by atoms with Crippen LogP contribution < -0.4 is 0 Å². The summed E-state index contributed by atoms with van der Waals surface area (Å²) in [5.41, 5.74) is 25.6. The second-order valence-corrected chi connectivity index (χ2v) is 10.9. The Kier molecular flexibility index (Phi) is 9.00. The molecule has 0 saturated carbocycles. The topological polar surface area (TPSA) is 0 Å². The molecule has 0 N–H and O–H groups in total. The molecule has 0 bridgehead atoms. The van der Waals surface area contributed by atoms with E-state index in [-0.39, 0.29) is 32.7 Å². The third kappa shape index (κ3) is 4.48. The Morgan fingerprint density at radius 1 is 0.229 bits per heavy atom. The first-order valence-electron chi connectivity index (χ1n) is 12.8. The van der Waals surface area contributed by atoms with Gasteiger partial charge in [0.05, 0.1) is 0 Å². The van der Waals surface area contributed by atoms with Crippen molar-refractivity contribution in [2.75, 3.05) is 0 Å². The summed E-state index contributed by atoms with van der Waals surface area (Å²) in [6, 6.07) is 0. The van der Waals surface area contributed by atoms with Gasteiger partial charge < -0.3 is 0 Å². The van der Waals surface area contributed by atoms with Gasteiger partial charge in [-0.05, 0) is 62.3 Å². The van der Waals surface area contributed by atoms with Crippen molar-refractivity contribution < 1.29 is 32.7 Å². The van der Waals surface area contributed by atoms with Gasteiger partial charge in [0.1, 0.15) is 0 Å². The molecular formula is C34H45Y-. The van der Waals surface area contributed by atoms with Crippen molar-refractivity contribution in [3.63, 3.8) is 0 Å². The van der Waals surface area contributed by atoms with Gasteiger partial charge >= 0.3 is 0 Å². The van der Waals surface area contributed by atoms with E-state index in [1.54, 1.807) is 0 Å².